The van der Waals surface area contributed by atoms with E-state index in [0.29, 0.717) is 14.3 Å². The second-order valence-electron chi connectivity index (χ2n) is 7.75. The molecule has 0 atom stereocenters. The third-order valence-electron chi connectivity index (χ3n) is 5.10. The predicted molar refractivity (Wildman–Crippen MR) is 124 cm³/mol. The van der Waals surface area contributed by atoms with E-state index in [0.717, 1.165) is 4.68 Å². The number of carbonyl (C=O) groups excluding carboxylic acids is 1. The number of rotatable bonds is 7. The Morgan fingerprint density at radius 3 is 2.27 bits per heavy atom. The van der Waals surface area contributed by atoms with Gasteiger partial charge in [-0.25, -0.2) is 19.1 Å². The van der Waals surface area contributed by atoms with Crippen LogP contribution in [0.1, 0.15) is 16.4 Å². The van der Waals surface area contributed by atoms with E-state index < -0.39 is 36.6 Å². The van der Waals surface area contributed by atoms with E-state index >= 15 is 0 Å². The molecule has 0 radical (unpaired) electrons. The fourth-order valence-electron chi connectivity index (χ4n) is 3.32. The molecule has 2 aromatic heterocycles. The molecule has 4 N–H and O–H groups in total. The Labute approximate surface area is 215 Å². The summed E-state index contributed by atoms with van der Waals surface area (Å²) < 4.78 is 41.7. The lowest BCUT2D eigenvalue weighted by Gasteiger charge is -2.24. The van der Waals surface area contributed by atoms with Gasteiger partial charge in [0, 0.05) is 10.6 Å². The summed E-state index contributed by atoms with van der Waals surface area (Å²) in [5, 5.41) is 27.9. The van der Waals surface area contributed by atoms with Gasteiger partial charge < -0.3 is 15.9 Å². The maximum Gasteiger partial charge on any atom is 0.444 e. The lowest BCUT2D eigenvalue weighted by molar-refractivity contribution is -0.353. The molecule has 0 fully saturated rings. The number of primary amides is 1. The summed E-state index contributed by atoms with van der Waals surface area (Å²) in [5.74, 6) is -6.00. The largest absolute Gasteiger partial charge is 0.444 e. The number of amides is 1. The van der Waals surface area contributed by atoms with Gasteiger partial charge in [-0.2, -0.15) is 13.2 Å². The van der Waals surface area contributed by atoms with E-state index in [1.807, 2.05) is 0 Å². The first-order chi connectivity index (χ1) is 17.3. The number of hydrogen-bond acceptors (Lipinski definition) is 7. The fraction of sp³-hybridized carbons (Fsp3) is 0.190. The van der Waals surface area contributed by atoms with Crippen LogP contribution < -0.4 is 11.4 Å². The van der Waals surface area contributed by atoms with Gasteiger partial charge in [0.25, 0.3) is 11.7 Å². The summed E-state index contributed by atoms with van der Waals surface area (Å²) >= 11 is 12.0. The number of aromatic nitrogens is 6. The van der Waals surface area contributed by atoms with Crippen LogP contribution >= 0.6 is 23.2 Å². The molecular formula is C21H16Cl2F3N7O4. The molecule has 0 saturated heterocycles. The first-order valence-electron chi connectivity index (χ1n) is 10.2. The molecule has 0 saturated carbocycles. The quantitative estimate of drug-likeness (QED) is 0.293. The third kappa shape index (κ3) is 5.22. The van der Waals surface area contributed by atoms with Crippen molar-refractivity contribution in [3.63, 3.8) is 0 Å². The molecule has 4 aromatic rings. The Balaban J connectivity index is 1.81. The number of nitrogens with two attached hydrogens (primary N) is 1. The fourth-order valence-corrected chi connectivity index (χ4v) is 3.66. The number of alkyl halides is 3. The van der Waals surface area contributed by atoms with Crippen LogP contribution in [0.5, 0.6) is 0 Å². The number of benzene rings is 2. The van der Waals surface area contributed by atoms with Crippen molar-refractivity contribution in [2.24, 2.45) is 5.73 Å². The van der Waals surface area contributed by atoms with Gasteiger partial charge in [-0.3, -0.25) is 9.36 Å². The van der Waals surface area contributed by atoms with Gasteiger partial charge in [-0.1, -0.05) is 35.3 Å². The van der Waals surface area contributed by atoms with Crippen LogP contribution in [0.2, 0.25) is 10.0 Å². The van der Waals surface area contributed by atoms with Crippen molar-refractivity contribution in [2.45, 2.75) is 25.1 Å². The molecule has 194 valence electrons. The number of nitrogens with zero attached hydrogens (tertiary/aromatic N) is 6. The van der Waals surface area contributed by atoms with E-state index in [1.165, 1.54) is 36.4 Å². The molecule has 0 bridgehead atoms. The average molecular weight is 558 g/mol. The first kappa shape index (κ1) is 26.3. The van der Waals surface area contributed by atoms with E-state index in [9.17, 15) is 33.0 Å². The minimum absolute atomic E-state index is 0.154. The van der Waals surface area contributed by atoms with Crippen molar-refractivity contribution in [1.82, 2.24) is 29.1 Å². The highest BCUT2D eigenvalue weighted by Crippen LogP contribution is 2.30. The van der Waals surface area contributed by atoms with Crippen molar-refractivity contribution in [1.29, 1.82) is 0 Å². The monoisotopic (exact) mass is 557 g/mol. The summed E-state index contributed by atoms with van der Waals surface area (Å²) in [5.41, 5.74) is 4.67. The van der Waals surface area contributed by atoms with Gasteiger partial charge >= 0.3 is 11.9 Å². The number of halogens is 5. The highest BCUT2D eigenvalue weighted by Gasteiger charge is 2.53. The van der Waals surface area contributed by atoms with Crippen LogP contribution in [0, 0.1) is 0 Å². The third-order valence-corrected chi connectivity index (χ3v) is 5.67. The molecule has 0 aliphatic rings. The average Bonchev–Trinajstić information content (AvgIpc) is 3.36. The van der Waals surface area contributed by atoms with Gasteiger partial charge in [-0.15, -0.1) is 10.2 Å². The summed E-state index contributed by atoms with van der Waals surface area (Å²) in [4.78, 5) is 29.0. The summed E-state index contributed by atoms with van der Waals surface area (Å²) in [6.07, 6.45) is -5.47. The molecule has 0 aliphatic heterocycles. The second-order valence-corrected chi connectivity index (χ2v) is 8.59. The Morgan fingerprint density at radius 2 is 1.68 bits per heavy atom. The molecular weight excluding hydrogens is 542 g/mol. The van der Waals surface area contributed by atoms with Crippen molar-refractivity contribution in [2.75, 3.05) is 0 Å². The smallest absolute Gasteiger partial charge is 0.363 e. The van der Waals surface area contributed by atoms with Crippen LogP contribution in [-0.4, -0.2) is 57.2 Å². The summed E-state index contributed by atoms with van der Waals surface area (Å²) in [6.45, 7) is -2.10. The molecule has 2 aromatic carbocycles. The Hall–Kier alpha value is -3.72. The van der Waals surface area contributed by atoms with Gasteiger partial charge in [0.05, 0.1) is 17.3 Å². The normalized spacial score (nSPS) is 12.2. The van der Waals surface area contributed by atoms with E-state index in [4.69, 9.17) is 28.9 Å². The van der Waals surface area contributed by atoms with Gasteiger partial charge in [0.15, 0.2) is 11.6 Å². The van der Waals surface area contributed by atoms with Crippen LogP contribution in [-0.2, 0) is 13.1 Å². The zero-order valence-corrected chi connectivity index (χ0v) is 19.9. The molecule has 0 aliphatic carbocycles. The minimum Gasteiger partial charge on any atom is -0.363 e. The number of para-hydroxylation sites is 1. The van der Waals surface area contributed by atoms with Gasteiger partial charge in [0.1, 0.15) is 6.54 Å². The van der Waals surface area contributed by atoms with Crippen LogP contribution in [0.15, 0.2) is 53.3 Å². The number of hydrogen-bond donors (Lipinski definition) is 3. The first-order valence-corrected chi connectivity index (χ1v) is 11.0. The summed E-state index contributed by atoms with van der Waals surface area (Å²) in [7, 11) is 0. The zero-order valence-electron chi connectivity index (χ0n) is 18.4. The molecule has 4 rings (SSSR count). The molecule has 37 heavy (non-hydrogen) atoms. The highest BCUT2D eigenvalue weighted by molar-refractivity contribution is 6.32. The standard InChI is InChI=1S/C21H16Cl2F3N7O4/c22-12-7-5-11(6-8-12)17-30-32(19(35)31(17)10-20(36,37)21(24,25)26)9-15-28-18(16(27)34)33(29-15)14-4-2-1-3-13(14)23/h1-8,36-37H,9-10H2,(H2,27,34). The Bertz CT molecular complexity index is 1530. The van der Waals surface area contributed by atoms with Crippen LogP contribution in [0.3, 0.4) is 0 Å². The minimum atomic E-state index is -5.47. The van der Waals surface area contributed by atoms with E-state index in [-0.39, 0.29) is 33.7 Å². The van der Waals surface area contributed by atoms with Crippen molar-refractivity contribution in [3.05, 3.63) is 80.7 Å². The number of aliphatic hydroxyl groups is 2. The van der Waals surface area contributed by atoms with Crippen LogP contribution in [0.25, 0.3) is 17.1 Å². The highest BCUT2D eigenvalue weighted by atomic mass is 35.5. The Kier molecular flexibility index (Phi) is 6.85. The molecule has 2 heterocycles. The van der Waals surface area contributed by atoms with Crippen molar-refractivity contribution < 1.29 is 28.2 Å². The van der Waals surface area contributed by atoms with Crippen molar-refractivity contribution in [3.8, 4) is 17.1 Å². The van der Waals surface area contributed by atoms with Gasteiger partial charge in [-0.05, 0) is 36.4 Å². The van der Waals surface area contributed by atoms with E-state index in [2.05, 4.69) is 15.2 Å². The SMILES string of the molecule is NC(=O)c1nc(Cn2nc(-c3ccc(Cl)cc3)n(CC(O)(O)C(F)(F)F)c2=O)nn1-c1ccccc1Cl. The zero-order chi connectivity index (χ0) is 27.1. The van der Waals surface area contributed by atoms with Crippen molar-refractivity contribution >= 4 is 29.1 Å². The Morgan fingerprint density at radius 1 is 1.03 bits per heavy atom. The second kappa shape index (κ2) is 9.63. The molecule has 0 unspecified atom stereocenters. The topological polar surface area (TPSA) is 154 Å². The summed E-state index contributed by atoms with van der Waals surface area (Å²) in [6, 6.07) is 11.9. The molecule has 11 nitrogen and oxygen atoms in total. The predicted octanol–water partition coefficient (Wildman–Crippen LogP) is 1.99. The lowest BCUT2D eigenvalue weighted by atomic mass is 10.2. The van der Waals surface area contributed by atoms with Gasteiger partial charge in [0.2, 0.25) is 5.82 Å². The number of carbonyl (C=O) groups is 1. The lowest BCUT2D eigenvalue weighted by Crippen LogP contribution is -2.50. The maximum absolute atomic E-state index is 13.2. The van der Waals surface area contributed by atoms with E-state index in [1.54, 1.807) is 12.1 Å². The molecule has 16 heteroatoms. The molecule has 0 spiro atoms. The maximum atomic E-state index is 13.2. The molecule has 1 amide bonds. The van der Waals surface area contributed by atoms with Crippen LogP contribution in [0.4, 0.5) is 13.2 Å².